The summed E-state index contributed by atoms with van der Waals surface area (Å²) in [5.74, 6) is 0.325. The van der Waals surface area contributed by atoms with E-state index in [0.717, 1.165) is 0 Å². The van der Waals surface area contributed by atoms with Crippen LogP contribution in [0, 0.1) is 5.41 Å². The van der Waals surface area contributed by atoms with Crippen LogP contribution in [0.25, 0.3) is 0 Å². The second-order valence-corrected chi connectivity index (χ2v) is 3.29. The summed E-state index contributed by atoms with van der Waals surface area (Å²) >= 11 is 0. The van der Waals surface area contributed by atoms with Gasteiger partial charge in [-0.1, -0.05) is 13.8 Å². The molecule has 0 amide bonds. The first-order chi connectivity index (χ1) is 4.59. The van der Waals surface area contributed by atoms with E-state index >= 15 is 0 Å². The second kappa shape index (κ2) is 2.35. The molecule has 1 aliphatic carbocycles. The Bertz CT molecular complexity index is 149. The van der Waals surface area contributed by atoms with Crippen LogP contribution in [0.2, 0.25) is 0 Å². The monoisotopic (exact) mass is 142 g/mol. The molecule has 1 atom stereocenters. The normalized spacial score (nSPS) is 29.9. The summed E-state index contributed by atoms with van der Waals surface area (Å²) in [6.07, 6.45) is 0.783. The van der Waals surface area contributed by atoms with Crippen molar-refractivity contribution in [3.8, 4) is 0 Å². The van der Waals surface area contributed by atoms with Crippen molar-refractivity contribution in [1.82, 2.24) is 0 Å². The number of ether oxygens (including phenoxy) is 1. The molecule has 0 aromatic heterocycles. The number of Topliss-reactive ketones (excluding diaryl/α,β-unsaturated/α-hetero) is 1. The third-order valence-corrected chi connectivity index (χ3v) is 2.26. The summed E-state index contributed by atoms with van der Waals surface area (Å²) in [5, 5.41) is 0. The molecule has 2 heteroatoms. The van der Waals surface area contributed by atoms with E-state index in [2.05, 4.69) is 0 Å². The lowest BCUT2D eigenvalue weighted by molar-refractivity contribution is -0.157. The fourth-order valence-electron chi connectivity index (χ4n) is 1.20. The second-order valence-electron chi connectivity index (χ2n) is 3.29. The van der Waals surface area contributed by atoms with E-state index in [4.69, 9.17) is 4.74 Å². The van der Waals surface area contributed by atoms with Gasteiger partial charge < -0.3 is 4.74 Å². The zero-order valence-corrected chi connectivity index (χ0v) is 6.81. The molecule has 1 aliphatic rings. The van der Waals surface area contributed by atoms with E-state index < -0.39 is 0 Å². The number of hydrogen-bond acceptors (Lipinski definition) is 2. The zero-order chi connectivity index (χ0) is 7.78. The highest BCUT2D eigenvalue weighted by Crippen LogP contribution is 2.38. The molecular weight excluding hydrogens is 128 g/mol. The van der Waals surface area contributed by atoms with Gasteiger partial charge in [0.05, 0.1) is 11.5 Å². The highest BCUT2D eigenvalue weighted by atomic mass is 16.5. The molecule has 0 aromatic rings. The van der Waals surface area contributed by atoms with E-state index in [0.29, 0.717) is 18.8 Å². The predicted octanol–water partition coefficient (Wildman–Crippen LogP) is 1.39. The maximum absolute atomic E-state index is 11.0. The van der Waals surface area contributed by atoms with Crippen LogP contribution < -0.4 is 0 Å². The first-order valence-electron chi connectivity index (χ1n) is 3.74. The van der Waals surface area contributed by atoms with Gasteiger partial charge in [0.15, 0.2) is 0 Å². The molecule has 0 aliphatic heterocycles. The van der Waals surface area contributed by atoms with Gasteiger partial charge in [-0.05, 0) is 6.92 Å². The lowest BCUT2D eigenvalue weighted by Gasteiger charge is -2.41. The van der Waals surface area contributed by atoms with Crippen LogP contribution >= 0.6 is 0 Å². The van der Waals surface area contributed by atoms with Gasteiger partial charge >= 0.3 is 0 Å². The van der Waals surface area contributed by atoms with Crippen molar-refractivity contribution >= 4 is 5.78 Å². The van der Waals surface area contributed by atoms with Gasteiger partial charge in [-0.3, -0.25) is 4.79 Å². The van der Waals surface area contributed by atoms with Crippen LogP contribution in [-0.4, -0.2) is 18.5 Å². The quantitative estimate of drug-likeness (QED) is 0.582. The van der Waals surface area contributed by atoms with Crippen molar-refractivity contribution < 1.29 is 9.53 Å². The molecular formula is C8H14O2. The van der Waals surface area contributed by atoms with Gasteiger partial charge in [0, 0.05) is 13.0 Å². The maximum atomic E-state index is 11.0. The third kappa shape index (κ3) is 0.966. The molecule has 0 saturated heterocycles. The van der Waals surface area contributed by atoms with E-state index in [1.807, 2.05) is 20.8 Å². The SMILES string of the molecule is CCOC1CC(=O)C1(C)C. The molecule has 0 radical (unpaired) electrons. The minimum atomic E-state index is -0.212. The van der Waals surface area contributed by atoms with E-state index in [-0.39, 0.29) is 11.5 Å². The zero-order valence-electron chi connectivity index (χ0n) is 6.81. The van der Waals surface area contributed by atoms with Crippen LogP contribution in [0.1, 0.15) is 27.2 Å². The summed E-state index contributed by atoms with van der Waals surface area (Å²) < 4.78 is 5.34. The Balaban J connectivity index is 2.46. The van der Waals surface area contributed by atoms with E-state index in [1.54, 1.807) is 0 Å². The average Bonchev–Trinajstić information content (AvgIpc) is 1.88. The molecule has 0 aromatic carbocycles. The van der Waals surface area contributed by atoms with Gasteiger partial charge in [-0.25, -0.2) is 0 Å². The molecule has 2 nitrogen and oxygen atoms in total. The summed E-state index contributed by atoms with van der Waals surface area (Å²) in [4.78, 5) is 11.0. The summed E-state index contributed by atoms with van der Waals surface area (Å²) in [6.45, 7) is 6.55. The van der Waals surface area contributed by atoms with Crippen molar-refractivity contribution in [2.24, 2.45) is 5.41 Å². The molecule has 1 rings (SSSR count). The van der Waals surface area contributed by atoms with Gasteiger partial charge in [-0.2, -0.15) is 0 Å². The minimum Gasteiger partial charge on any atom is -0.377 e. The molecule has 0 N–H and O–H groups in total. The van der Waals surface area contributed by atoms with Crippen LogP contribution in [-0.2, 0) is 9.53 Å². The molecule has 10 heavy (non-hydrogen) atoms. The fourth-order valence-corrected chi connectivity index (χ4v) is 1.20. The fraction of sp³-hybridized carbons (Fsp3) is 0.875. The van der Waals surface area contributed by atoms with Gasteiger partial charge in [0.1, 0.15) is 5.78 Å². The smallest absolute Gasteiger partial charge is 0.143 e. The lowest BCUT2D eigenvalue weighted by Crippen LogP contribution is -2.51. The van der Waals surface area contributed by atoms with Crippen LogP contribution in [0.3, 0.4) is 0 Å². The first kappa shape index (κ1) is 7.73. The Morgan fingerprint density at radius 1 is 1.70 bits per heavy atom. The van der Waals surface area contributed by atoms with E-state index in [1.165, 1.54) is 0 Å². The molecule has 1 saturated carbocycles. The Kier molecular flexibility index (Phi) is 1.82. The highest BCUT2D eigenvalue weighted by molar-refractivity contribution is 5.91. The van der Waals surface area contributed by atoms with Crippen molar-refractivity contribution in [2.45, 2.75) is 33.3 Å². The highest BCUT2D eigenvalue weighted by Gasteiger charge is 2.47. The molecule has 0 heterocycles. The largest absolute Gasteiger partial charge is 0.377 e. The third-order valence-electron chi connectivity index (χ3n) is 2.26. The number of carbonyl (C=O) groups is 1. The number of hydrogen-bond donors (Lipinski definition) is 0. The Labute approximate surface area is 61.6 Å². The summed E-state index contributed by atoms with van der Waals surface area (Å²) in [7, 11) is 0. The molecule has 1 unspecified atom stereocenters. The van der Waals surface area contributed by atoms with Gasteiger partial charge in [-0.15, -0.1) is 0 Å². The van der Waals surface area contributed by atoms with Gasteiger partial charge in [0.2, 0.25) is 0 Å². The topological polar surface area (TPSA) is 26.3 Å². The summed E-state index contributed by atoms with van der Waals surface area (Å²) in [5.41, 5.74) is -0.212. The van der Waals surface area contributed by atoms with Crippen molar-refractivity contribution in [2.75, 3.05) is 6.61 Å². The molecule has 0 bridgehead atoms. The van der Waals surface area contributed by atoms with Crippen LogP contribution in [0.5, 0.6) is 0 Å². The number of rotatable bonds is 2. The Hall–Kier alpha value is -0.370. The first-order valence-corrected chi connectivity index (χ1v) is 3.74. The molecule has 1 fully saturated rings. The minimum absolute atomic E-state index is 0.171. The van der Waals surface area contributed by atoms with Crippen molar-refractivity contribution in [3.05, 3.63) is 0 Å². The van der Waals surface area contributed by atoms with Gasteiger partial charge in [0.25, 0.3) is 0 Å². The van der Waals surface area contributed by atoms with Crippen LogP contribution in [0.15, 0.2) is 0 Å². The van der Waals surface area contributed by atoms with Crippen molar-refractivity contribution in [3.63, 3.8) is 0 Å². The standard InChI is InChI=1S/C8H14O2/c1-4-10-7-5-6(9)8(7,2)3/h7H,4-5H2,1-3H3. The Morgan fingerprint density at radius 2 is 2.30 bits per heavy atom. The lowest BCUT2D eigenvalue weighted by atomic mass is 9.68. The Morgan fingerprint density at radius 3 is 2.60 bits per heavy atom. The predicted molar refractivity (Wildman–Crippen MR) is 38.8 cm³/mol. The van der Waals surface area contributed by atoms with Crippen molar-refractivity contribution in [1.29, 1.82) is 0 Å². The van der Waals surface area contributed by atoms with Crippen LogP contribution in [0.4, 0.5) is 0 Å². The molecule has 58 valence electrons. The maximum Gasteiger partial charge on any atom is 0.143 e. The average molecular weight is 142 g/mol. The summed E-state index contributed by atoms with van der Waals surface area (Å²) in [6, 6.07) is 0. The number of ketones is 1. The van der Waals surface area contributed by atoms with E-state index in [9.17, 15) is 4.79 Å². The molecule has 0 spiro atoms. The number of carbonyl (C=O) groups excluding carboxylic acids is 1.